The van der Waals surface area contributed by atoms with E-state index in [0.717, 1.165) is 24.0 Å². The third kappa shape index (κ3) is 4.39. The molecule has 1 aliphatic rings. The van der Waals surface area contributed by atoms with E-state index in [1.54, 1.807) is 24.3 Å². The van der Waals surface area contributed by atoms with Crippen LogP contribution in [-0.2, 0) is 16.6 Å². The van der Waals surface area contributed by atoms with Crippen molar-refractivity contribution in [3.63, 3.8) is 0 Å². The number of carbonyl (C=O) groups is 1. The zero-order valence-electron chi connectivity index (χ0n) is 16.4. The third-order valence-corrected chi connectivity index (χ3v) is 6.94. The van der Waals surface area contributed by atoms with E-state index in [1.165, 1.54) is 16.7 Å². The number of hydrogen-bond acceptors (Lipinski definition) is 5. The fourth-order valence-corrected chi connectivity index (χ4v) is 4.84. The molecule has 1 aliphatic heterocycles. The van der Waals surface area contributed by atoms with Gasteiger partial charge in [-0.3, -0.25) is 4.79 Å². The topological polar surface area (TPSA) is 92.3 Å². The Morgan fingerprint density at radius 1 is 0.933 bits per heavy atom. The average molecular weight is 423 g/mol. The molecule has 0 aliphatic carbocycles. The van der Waals surface area contributed by atoms with E-state index in [0.29, 0.717) is 24.5 Å². The second-order valence-corrected chi connectivity index (χ2v) is 9.04. The Morgan fingerprint density at radius 3 is 2.20 bits per heavy atom. The molecule has 7 nitrogen and oxygen atoms in total. The van der Waals surface area contributed by atoms with Crippen LogP contribution < -0.4 is 5.32 Å². The lowest BCUT2D eigenvalue weighted by atomic mass is 10.2. The molecule has 1 N–H and O–H groups in total. The zero-order valence-corrected chi connectivity index (χ0v) is 17.2. The number of rotatable bonds is 6. The molecule has 0 radical (unpaired) electrons. The first-order valence-electron chi connectivity index (χ1n) is 9.79. The second kappa shape index (κ2) is 8.73. The predicted octanol–water partition coefficient (Wildman–Crippen LogP) is 2.86. The van der Waals surface area contributed by atoms with Crippen molar-refractivity contribution in [2.24, 2.45) is 0 Å². The van der Waals surface area contributed by atoms with Crippen LogP contribution in [0, 0.1) is 0 Å². The Morgan fingerprint density at radius 2 is 1.57 bits per heavy atom. The number of sulfonamides is 1. The van der Waals surface area contributed by atoms with Crippen LogP contribution >= 0.6 is 0 Å². The molecule has 0 unspecified atom stereocenters. The summed E-state index contributed by atoms with van der Waals surface area (Å²) in [5, 5.41) is 2.81. The lowest BCUT2D eigenvalue weighted by molar-refractivity contribution is 0.0950. The van der Waals surface area contributed by atoms with Gasteiger partial charge in [0.25, 0.3) is 5.91 Å². The number of carbonyl (C=O) groups excluding carboxylic acids is 1. The monoisotopic (exact) mass is 422 g/mol. The van der Waals surface area contributed by atoms with E-state index in [2.05, 4.69) is 15.3 Å². The van der Waals surface area contributed by atoms with Gasteiger partial charge in [0, 0.05) is 37.6 Å². The van der Waals surface area contributed by atoms with Gasteiger partial charge >= 0.3 is 0 Å². The van der Waals surface area contributed by atoms with Gasteiger partial charge in [0.2, 0.25) is 10.0 Å². The van der Waals surface area contributed by atoms with E-state index < -0.39 is 10.0 Å². The Kier molecular flexibility index (Phi) is 5.87. The van der Waals surface area contributed by atoms with Crippen molar-refractivity contribution in [1.82, 2.24) is 19.6 Å². The minimum absolute atomic E-state index is 0.281. The first-order chi connectivity index (χ1) is 14.5. The van der Waals surface area contributed by atoms with Gasteiger partial charge in [0.1, 0.15) is 0 Å². The van der Waals surface area contributed by atoms with Crippen LogP contribution in [0.2, 0.25) is 0 Å². The van der Waals surface area contributed by atoms with Crippen LogP contribution in [0.15, 0.2) is 71.9 Å². The highest BCUT2D eigenvalue weighted by Crippen LogP contribution is 2.21. The zero-order chi connectivity index (χ0) is 21.0. The number of nitrogens with one attached hydrogen (secondary N) is 1. The summed E-state index contributed by atoms with van der Waals surface area (Å²) in [6, 6.07) is 16.2. The number of benzene rings is 2. The first kappa shape index (κ1) is 20.2. The molecule has 2 aromatic carbocycles. The molecule has 0 atom stereocenters. The maximum atomic E-state index is 12.6. The standard InChI is InChI=1S/C22H22N4O3S/c27-22(19-15-23-21(24-16-19)18-6-2-1-3-7-18)25-14-17-8-10-20(11-9-17)30(28,29)26-12-4-5-13-26/h1-3,6-11,15-16H,4-5,12-14H2,(H,25,27). The van der Waals surface area contributed by atoms with Gasteiger partial charge in [0.05, 0.1) is 10.5 Å². The molecule has 0 spiro atoms. The molecule has 1 saturated heterocycles. The number of aromatic nitrogens is 2. The van der Waals surface area contributed by atoms with Crippen molar-refractivity contribution in [3.05, 3.63) is 78.1 Å². The van der Waals surface area contributed by atoms with Crippen LogP contribution in [0.5, 0.6) is 0 Å². The molecule has 154 valence electrons. The smallest absolute Gasteiger partial charge is 0.254 e. The molecule has 8 heteroatoms. The lowest BCUT2D eigenvalue weighted by Crippen LogP contribution is -2.28. The number of amides is 1. The molecule has 1 amide bonds. The quantitative estimate of drug-likeness (QED) is 0.659. The Labute approximate surface area is 175 Å². The summed E-state index contributed by atoms with van der Waals surface area (Å²) in [7, 11) is -3.43. The van der Waals surface area contributed by atoms with Crippen molar-refractivity contribution in [2.45, 2.75) is 24.3 Å². The average Bonchev–Trinajstić information content (AvgIpc) is 3.34. The van der Waals surface area contributed by atoms with E-state index >= 15 is 0 Å². The summed E-state index contributed by atoms with van der Waals surface area (Å²) in [4.78, 5) is 21.2. The first-order valence-corrected chi connectivity index (χ1v) is 11.2. The molecule has 1 aromatic heterocycles. The van der Waals surface area contributed by atoms with Gasteiger partial charge in [-0.25, -0.2) is 18.4 Å². The summed E-state index contributed by atoms with van der Waals surface area (Å²) >= 11 is 0. The van der Waals surface area contributed by atoms with Crippen molar-refractivity contribution < 1.29 is 13.2 Å². The van der Waals surface area contributed by atoms with E-state index in [-0.39, 0.29) is 17.3 Å². The van der Waals surface area contributed by atoms with Gasteiger partial charge in [-0.05, 0) is 30.5 Å². The Balaban J connectivity index is 1.37. The predicted molar refractivity (Wildman–Crippen MR) is 113 cm³/mol. The largest absolute Gasteiger partial charge is 0.348 e. The van der Waals surface area contributed by atoms with E-state index in [1.807, 2.05) is 30.3 Å². The van der Waals surface area contributed by atoms with Crippen LogP contribution in [0.25, 0.3) is 11.4 Å². The van der Waals surface area contributed by atoms with Gasteiger partial charge in [-0.2, -0.15) is 4.31 Å². The van der Waals surface area contributed by atoms with Crippen LogP contribution in [0.4, 0.5) is 0 Å². The molecule has 2 heterocycles. The van der Waals surface area contributed by atoms with Crippen molar-refractivity contribution in [2.75, 3.05) is 13.1 Å². The van der Waals surface area contributed by atoms with Crippen LogP contribution in [-0.4, -0.2) is 41.7 Å². The molecule has 0 bridgehead atoms. The maximum absolute atomic E-state index is 12.6. The van der Waals surface area contributed by atoms with Gasteiger partial charge in [0.15, 0.2) is 5.82 Å². The summed E-state index contributed by atoms with van der Waals surface area (Å²) in [6.45, 7) is 1.43. The second-order valence-electron chi connectivity index (χ2n) is 7.10. The number of hydrogen-bond donors (Lipinski definition) is 1. The molecule has 30 heavy (non-hydrogen) atoms. The molecule has 3 aromatic rings. The van der Waals surface area contributed by atoms with E-state index in [9.17, 15) is 13.2 Å². The Hall–Kier alpha value is -3.10. The molecular weight excluding hydrogens is 400 g/mol. The van der Waals surface area contributed by atoms with Crippen molar-refractivity contribution >= 4 is 15.9 Å². The maximum Gasteiger partial charge on any atom is 0.254 e. The summed E-state index contributed by atoms with van der Waals surface area (Å²) in [6.07, 6.45) is 4.80. The minimum atomic E-state index is -3.43. The molecule has 0 saturated carbocycles. The van der Waals surface area contributed by atoms with Crippen molar-refractivity contribution in [3.8, 4) is 11.4 Å². The highest BCUT2D eigenvalue weighted by atomic mass is 32.2. The number of nitrogens with zero attached hydrogens (tertiary/aromatic N) is 3. The fraction of sp³-hybridized carbons (Fsp3) is 0.227. The van der Waals surface area contributed by atoms with Crippen LogP contribution in [0.1, 0.15) is 28.8 Å². The van der Waals surface area contributed by atoms with Gasteiger partial charge in [-0.15, -0.1) is 0 Å². The lowest BCUT2D eigenvalue weighted by Gasteiger charge is -2.15. The summed E-state index contributed by atoms with van der Waals surface area (Å²) < 4.78 is 26.7. The minimum Gasteiger partial charge on any atom is -0.348 e. The summed E-state index contributed by atoms with van der Waals surface area (Å²) in [5.41, 5.74) is 2.06. The molecule has 1 fully saturated rings. The Bertz CT molecular complexity index is 1110. The normalized spacial score (nSPS) is 14.5. The highest BCUT2D eigenvalue weighted by molar-refractivity contribution is 7.89. The van der Waals surface area contributed by atoms with Crippen molar-refractivity contribution in [1.29, 1.82) is 0 Å². The van der Waals surface area contributed by atoms with Gasteiger partial charge < -0.3 is 5.32 Å². The molecule has 4 rings (SSSR count). The molecular formula is C22H22N4O3S. The van der Waals surface area contributed by atoms with Gasteiger partial charge in [-0.1, -0.05) is 42.5 Å². The highest BCUT2D eigenvalue weighted by Gasteiger charge is 2.26. The third-order valence-electron chi connectivity index (χ3n) is 5.03. The summed E-state index contributed by atoms with van der Waals surface area (Å²) in [5.74, 6) is 0.269. The SMILES string of the molecule is O=C(NCc1ccc(S(=O)(=O)N2CCCC2)cc1)c1cnc(-c2ccccc2)nc1. The van der Waals surface area contributed by atoms with E-state index in [4.69, 9.17) is 0 Å². The fourth-order valence-electron chi connectivity index (χ4n) is 3.32. The van der Waals surface area contributed by atoms with Crippen LogP contribution in [0.3, 0.4) is 0 Å².